The zero-order chi connectivity index (χ0) is 13.3. The van der Waals surface area contributed by atoms with E-state index in [0.717, 1.165) is 12.1 Å². The molecule has 0 amide bonds. The molecule has 0 heterocycles. The highest BCUT2D eigenvalue weighted by molar-refractivity contribution is 5.79. The maximum atomic E-state index is 13.5. The van der Waals surface area contributed by atoms with Gasteiger partial charge in [-0.25, -0.2) is 17.6 Å². The highest BCUT2D eigenvalue weighted by atomic mass is 19.2. The second-order valence-corrected chi connectivity index (χ2v) is 3.61. The number of hydrogen-bond donors (Lipinski definition) is 0. The van der Waals surface area contributed by atoms with Gasteiger partial charge < -0.3 is 0 Å². The van der Waals surface area contributed by atoms with Gasteiger partial charge in [0.2, 0.25) is 0 Å². The van der Waals surface area contributed by atoms with Crippen molar-refractivity contribution in [1.29, 1.82) is 0 Å². The number of hydrogen-bond acceptors (Lipinski definition) is 1. The first-order valence-electron chi connectivity index (χ1n) is 4.92. The van der Waals surface area contributed by atoms with Gasteiger partial charge in [-0.3, -0.25) is 4.79 Å². The fraction of sp³-hybridized carbons (Fsp3) is 0. The molecule has 0 aliphatic heterocycles. The number of benzene rings is 2. The van der Waals surface area contributed by atoms with Crippen molar-refractivity contribution in [2.45, 2.75) is 0 Å². The van der Waals surface area contributed by atoms with Crippen LogP contribution in [0, 0.1) is 23.3 Å². The second-order valence-electron chi connectivity index (χ2n) is 3.61. The summed E-state index contributed by atoms with van der Waals surface area (Å²) in [7, 11) is 0. The number of rotatable bonds is 2. The minimum absolute atomic E-state index is 0.150. The Morgan fingerprint density at radius 1 is 0.833 bits per heavy atom. The van der Waals surface area contributed by atoms with E-state index in [2.05, 4.69) is 0 Å². The van der Waals surface area contributed by atoms with E-state index in [1.54, 1.807) is 0 Å². The van der Waals surface area contributed by atoms with Crippen molar-refractivity contribution in [1.82, 2.24) is 0 Å². The summed E-state index contributed by atoms with van der Waals surface area (Å²) in [6, 6.07) is 4.70. The normalized spacial score (nSPS) is 10.4. The molecule has 0 aliphatic rings. The Balaban J connectivity index is 2.65. The van der Waals surface area contributed by atoms with Crippen LogP contribution in [0.1, 0.15) is 10.4 Å². The molecular formula is C13H6F4O. The molecule has 2 aromatic rings. The summed E-state index contributed by atoms with van der Waals surface area (Å²) in [5.41, 5.74) is -0.193. The zero-order valence-corrected chi connectivity index (χ0v) is 8.88. The number of aldehydes is 1. The summed E-state index contributed by atoms with van der Waals surface area (Å²) in [6.07, 6.45) is 0.471. The van der Waals surface area contributed by atoms with Crippen LogP contribution in [0.5, 0.6) is 0 Å². The Hall–Kier alpha value is -2.17. The molecule has 0 aliphatic carbocycles. The Bertz CT molecular complexity index is 599. The molecule has 5 heteroatoms. The van der Waals surface area contributed by atoms with E-state index in [-0.39, 0.29) is 16.7 Å². The van der Waals surface area contributed by atoms with Gasteiger partial charge in [-0.05, 0) is 35.9 Å². The van der Waals surface area contributed by atoms with Crippen molar-refractivity contribution < 1.29 is 22.4 Å². The van der Waals surface area contributed by atoms with Crippen LogP contribution in [0.3, 0.4) is 0 Å². The van der Waals surface area contributed by atoms with Gasteiger partial charge in [-0.2, -0.15) is 0 Å². The van der Waals surface area contributed by atoms with Gasteiger partial charge in [0.15, 0.2) is 17.5 Å². The first-order chi connectivity index (χ1) is 8.52. The van der Waals surface area contributed by atoms with Gasteiger partial charge in [0.05, 0.1) is 0 Å². The molecule has 0 radical (unpaired) electrons. The van der Waals surface area contributed by atoms with E-state index in [0.29, 0.717) is 18.4 Å². The summed E-state index contributed by atoms with van der Waals surface area (Å²) < 4.78 is 52.3. The number of carbonyl (C=O) groups is 1. The van der Waals surface area contributed by atoms with Gasteiger partial charge in [-0.15, -0.1) is 0 Å². The highest BCUT2D eigenvalue weighted by Crippen LogP contribution is 2.26. The first-order valence-corrected chi connectivity index (χ1v) is 4.92. The molecule has 0 saturated heterocycles. The van der Waals surface area contributed by atoms with Crippen LogP contribution >= 0.6 is 0 Å². The molecule has 0 spiro atoms. The summed E-state index contributed by atoms with van der Waals surface area (Å²) in [4.78, 5) is 10.6. The SMILES string of the molecule is O=Cc1ccc(F)c(-c2cc(F)c(F)c(F)c2)c1. The molecule has 1 nitrogen and oxygen atoms in total. The van der Waals surface area contributed by atoms with Gasteiger partial charge in [-0.1, -0.05) is 0 Å². The summed E-state index contributed by atoms with van der Waals surface area (Å²) >= 11 is 0. The standard InChI is InChI=1S/C13H6F4O/c14-10-2-1-7(6-18)3-9(10)8-4-11(15)13(17)12(16)5-8/h1-6H. The molecule has 0 atom stereocenters. The monoisotopic (exact) mass is 254 g/mol. The van der Waals surface area contributed by atoms with E-state index in [9.17, 15) is 22.4 Å². The third-order valence-electron chi connectivity index (χ3n) is 2.42. The van der Waals surface area contributed by atoms with E-state index < -0.39 is 23.3 Å². The van der Waals surface area contributed by atoms with Gasteiger partial charge in [0, 0.05) is 11.1 Å². The predicted octanol–water partition coefficient (Wildman–Crippen LogP) is 3.72. The molecule has 0 unspecified atom stereocenters. The topological polar surface area (TPSA) is 17.1 Å². The van der Waals surface area contributed by atoms with Crippen LogP contribution in [0.2, 0.25) is 0 Å². The van der Waals surface area contributed by atoms with Crippen molar-refractivity contribution in [3.05, 3.63) is 59.2 Å². The quantitative estimate of drug-likeness (QED) is 0.453. The van der Waals surface area contributed by atoms with E-state index >= 15 is 0 Å². The molecule has 0 saturated carbocycles. The lowest BCUT2D eigenvalue weighted by atomic mass is 10.0. The third kappa shape index (κ3) is 2.11. The van der Waals surface area contributed by atoms with Crippen molar-refractivity contribution in [3.8, 4) is 11.1 Å². The molecule has 2 rings (SSSR count). The highest BCUT2D eigenvalue weighted by Gasteiger charge is 2.14. The molecule has 92 valence electrons. The van der Waals surface area contributed by atoms with Crippen LogP contribution < -0.4 is 0 Å². The molecule has 0 N–H and O–H groups in total. The minimum atomic E-state index is -1.62. The van der Waals surface area contributed by atoms with Gasteiger partial charge in [0.1, 0.15) is 12.1 Å². The Morgan fingerprint density at radius 3 is 2.00 bits per heavy atom. The summed E-state index contributed by atoms with van der Waals surface area (Å²) in [5, 5.41) is 0. The average Bonchev–Trinajstić information content (AvgIpc) is 2.36. The van der Waals surface area contributed by atoms with Crippen molar-refractivity contribution in [2.24, 2.45) is 0 Å². The summed E-state index contributed by atoms with van der Waals surface area (Å²) in [6.45, 7) is 0. The Kier molecular flexibility index (Phi) is 3.14. The van der Waals surface area contributed by atoms with Crippen LogP contribution in [0.4, 0.5) is 17.6 Å². The number of carbonyl (C=O) groups excluding carboxylic acids is 1. The fourth-order valence-corrected chi connectivity index (χ4v) is 1.55. The van der Waals surface area contributed by atoms with Gasteiger partial charge in [0.25, 0.3) is 0 Å². The molecular weight excluding hydrogens is 248 g/mol. The summed E-state index contributed by atoms with van der Waals surface area (Å²) in [5.74, 6) is -5.21. The van der Waals surface area contributed by atoms with Gasteiger partial charge >= 0.3 is 0 Å². The Morgan fingerprint density at radius 2 is 1.44 bits per heavy atom. The molecule has 0 aromatic heterocycles. The smallest absolute Gasteiger partial charge is 0.194 e. The molecule has 18 heavy (non-hydrogen) atoms. The van der Waals surface area contributed by atoms with E-state index in [1.165, 1.54) is 6.07 Å². The fourth-order valence-electron chi connectivity index (χ4n) is 1.55. The van der Waals surface area contributed by atoms with Crippen LogP contribution in [-0.4, -0.2) is 6.29 Å². The first kappa shape index (κ1) is 12.3. The predicted molar refractivity (Wildman–Crippen MR) is 57.1 cm³/mol. The lowest BCUT2D eigenvalue weighted by Crippen LogP contribution is -1.94. The van der Waals surface area contributed by atoms with E-state index in [1.807, 2.05) is 0 Å². The van der Waals surface area contributed by atoms with Crippen molar-refractivity contribution >= 4 is 6.29 Å². The zero-order valence-electron chi connectivity index (χ0n) is 8.88. The molecule has 2 aromatic carbocycles. The molecule has 0 fully saturated rings. The maximum Gasteiger partial charge on any atom is 0.194 e. The molecule has 0 bridgehead atoms. The minimum Gasteiger partial charge on any atom is -0.298 e. The average molecular weight is 254 g/mol. The van der Waals surface area contributed by atoms with Crippen LogP contribution in [0.15, 0.2) is 30.3 Å². The lowest BCUT2D eigenvalue weighted by Gasteiger charge is -2.06. The third-order valence-corrected chi connectivity index (χ3v) is 2.42. The van der Waals surface area contributed by atoms with E-state index in [4.69, 9.17) is 0 Å². The lowest BCUT2D eigenvalue weighted by molar-refractivity contribution is 0.112. The van der Waals surface area contributed by atoms with Crippen LogP contribution in [-0.2, 0) is 0 Å². The van der Waals surface area contributed by atoms with Crippen molar-refractivity contribution in [2.75, 3.05) is 0 Å². The van der Waals surface area contributed by atoms with Crippen molar-refractivity contribution in [3.63, 3.8) is 0 Å². The second kappa shape index (κ2) is 4.60. The Labute approximate surface area is 99.7 Å². The maximum absolute atomic E-state index is 13.5. The van der Waals surface area contributed by atoms with Crippen LogP contribution in [0.25, 0.3) is 11.1 Å². The number of halogens is 4. The largest absolute Gasteiger partial charge is 0.298 e.